The number of alkyl halides is 1. The summed E-state index contributed by atoms with van der Waals surface area (Å²) in [6, 6.07) is 6.09. The third-order valence-electron chi connectivity index (χ3n) is 2.48. The van der Waals surface area contributed by atoms with Gasteiger partial charge in [0.05, 0.1) is 11.7 Å². The van der Waals surface area contributed by atoms with Crippen molar-refractivity contribution in [3.05, 3.63) is 29.3 Å². The second-order valence-corrected chi connectivity index (χ2v) is 4.46. The number of benzene rings is 1. The van der Waals surface area contributed by atoms with Gasteiger partial charge in [0.15, 0.2) is 0 Å². The van der Waals surface area contributed by atoms with Crippen LogP contribution in [-0.4, -0.2) is 12.0 Å². The first-order valence-corrected chi connectivity index (χ1v) is 6.53. The van der Waals surface area contributed by atoms with Crippen LogP contribution >= 0.6 is 11.6 Å². The molecule has 1 aromatic rings. The highest BCUT2D eigenvalue weighted by Gasteiger charge is 2.05. The highest BCUT2D eigenvalue weighted by molar-refractivity contribution is 6.18. The second kappa shape index (κ2) is 7.25. The monoisotopic (exact) mass is 250 g/mol. The fourth-order valence-corrected chi connectivity index (χ4v) is 1.44. The van der Waals surface area contributed by atoms with E-state index in [9.17, 15) is 0 Å². The number of aryl methyl sites for hydroxylation is 1. The van der Waals surface area contributed by atoms with Crippen molar-refractivity contribution in [3.8, 4) is 17.6 Å². The van der Waals surface area contributed by atoms with E-state index in [1.807, 2.05) is 12.1 Å². The van der Waals surface area contributed by atoms with E-state index in [1.165, 1.54) is 5.56 Å². The summed E-state index contributed by atoms with van der Waals surface area (Å²) in [5, 5.41) is 0. The van der Waals surface area contributed by atoms with Crippen molar-refractivity contribution in [2.45, 2.75) is 39.7 Å². The zero-order valence-corrected chi connectivity index (χ0v) is 11.5. The fraction of sp³-hybridized carbons (Fsp3) is 0.467. The molecule has 17 heavy (non-hydrogen) atoms. The maximum absolute atomic E-state index is 5.84. The minimum absolute atomic E-state index is 0.214. The summed E-state index contributed by atoms with van der Waals surface area (Å²) in [7, 11) is 0. The average molecular weight is 251 g/mol. The summed E-state index contributed by atoms with van der Waals surface area (Å²) in [4.78, 5) is 0. The normalized spacial score (nSPS) is 11.5. The Balaban J connectivity index is 2.92. The molecule has 0 heterocycles. The van der Waals surface area contributed by atoms with E-state index in [-0.39, 0.29) is 6.10 Å². The molecule has 0 saturated carbocycles. The van der Waals surface area contributed by atoms with Gasteiger partial charge in [-0.15, -0.1) is 11.6 Å². The van der Waals surface area contributed by atoms with E-state index in [0.29, 0.717) is 12.3 Å². The van der Waals surface area contributed by atoms with Crippen LogP contribution in [-0.2, 0) is 0 Å². The van der Waals surface area contributed by atoms with Gasteiger partial charge in [-0.3, -0.25) is 0 Å². The number of halogens is 1. The molecule has 92 valence electrons. The summed E-state index contributed by atoms with van der Waals surface area (Å²) in [6.07, 6.45) is 1.91. The molecule has 1 nitrogen and oxygen atoms in total. The van der Waals surface area contributed by atoms with E-state index in [2.05, 4.69) is 38.7 Å². The minimum Gasteiger partial charge on any atom is -0.489 e. The van der Waals surface area contributed by atoms with Crippen LogP contribution in [0.1, 0.15) is 37.8 Å². The Morgan fingerprint density at radius 2 is 2.18 bits per heavy atom. The molecule has 0 aromatic heterocycles. The smallest absolute Gasteiger partial charge is 0.135 e. The van der Waals surface area contributed by atoms with Crippen LogP contribution in [0.15, 0.2) is 18.2 Å². The molecule has 1 unspecified atom stereocenters. The Hall–Kier alpha value is -1.13. The molecule has 0 aliphatic carbocycles. The van der Waals surface area contributed by atoms with Gasteiger partial charge in [-0.25, -0.2) is 0 Å². The molecule has 0 fully saturated rings. The molecule has 0 aliphatic heterocycles. The van der Waals surface area contributed by atoms with Crippen molar-refractivity contribution in [1.29, 1.82) is 0 Å². The van der Waals surface area contributed by atoms with Gasteiger partial charge in [0, 0.05) is 12.3 Å². The first-order valence-electron chi connectivity index (χ1n) is 5.99. The van der Waals surface area contributed by atoms with Gasteiger partial charge in [0.1, 0.15) is 5.75 Å². The van der Waals surface area contributed by atoms with Crippen LogP contribution in [0.25, 0.3) is 0 Å². The maximum atomic E-state index is 5.84. The molecule has 0 radical (unpaired) electrons. The quantitative estimate of drug-likeness (QED) is 0.576. The molecule has 1 atom stereocenters. The van der Waals surface area contributed by atoms with E-state index >= 15 is 0 Å². The zero-order valence-electron chi connectivity index (χ0n) is 10.7. The van der Waals surface area contributed by atoms with Crippen LogP contribution in [0.3, 0.4) is 0 Å². The second-order valence-electron chi connectivity index (χ2n) is 4.08. The van der Waals surface area contributed by atoms with E-state index in [4.69, 9.17) is 16.3 Å². The molecular weight excluding hydrogens is 232 g/mol. The number of rotatable bonds is 4. The Labute approximate surface area is 109 Å². The Morgan fingerprint density at radius 1 is 1.41 bits per heavy atom. The Kier molecular flexibility index (Phi) is 5.94. The van der Waals surface area contributed by atoms with Crippen molar-refractivity contribution >= 4 is 11.6 Å². The van der Waals surface area contributed by atoms with Crippen LogP contribution < -0.4 is 4.74 Å². The van der Waals surface area contributed by atoms with E-state index in [1.54, 1.807) is 0 Å². The first kappa shape index (κ1) is 13.9. The van der Waals surface area contributed by atoms with Gasteiger partial charge < -0.3 is 4.74 Å². The molecule has 0 amide bonds. The lowest BCUT2D eigenvalue weighted by molar-refractivity contribution is 0.217. The number of ether oxygens (including phenoxy) is 1. The topological polar surface area (TPSA) is 9.23 Å². The van der Waals surface area contributed by atoms with Crippen LogP contribution in [0, 0.1) is 18.8 Å². The third-order valence-corrected chi connectivity index (χ3v) is 2.67. The van der Waals surface area contributed by atoms with Crippen molar-refractivity contribution < 1.29 is 4.74 Å². The molecule has 1 rings (SSSR count). The fourth-order valence-electron chi connectivity index (χ4n) is 1.35. The average Bonchev–Trinajstić information content (AvgIpc) is 2.32. The summed E-state index contributed by atoms with van der Waals surface area (Å²) >= 11 is 5.61. The molecular formula is C15H19ClO. The first-order chi connectivity index (χ1) is 8.17. The maximum Gasteiger partial charge on any atom is 0.135 e. The van der Waals surface area contributed by atoms with Crippen molar-refractivity contribution in [3.63, 3.8) is 0 Å². The lowest BCUT2D eigenvalue weighted by atomic mass is 10.1. The van der Waals surface area contributed by atoms with Crippen molar-refractivity contribution in [2.75, 3.05) is 5.88 Å². The minimum atomic E-state index is 0.214. The lowest BCUT2D eigenvalue weighted by Gasteiger charge is -2.14. The van der Waals surface area contributed by atoms with Crippen molar-refractivity contribution in [2.24, 2.45) is 0 Å². The summed E-state index contributed by atoms with van der Waals surface area (Å²) in [5.41, 5.74) is 2.15. The summed E-state index contributed by atoms with van der Waals surface area (Å²) in [6.45, 7) is 6.23. The Morgan fingerprint density at radius 3 is 2.82 bits per heavy atom. The summed E-state index contributed by atoms with van der Waals surface area (Å²) < 4.78 is 5.84. The SMILES string of the molecule is CCC(C)Oc1ccc(C)cc1C#CCCCl. The van der Waals surface area contributed by atoms with E-state index < -0.39 is 0 Å². The lowest BCUT2D eigenvalue weighted by Crippen LogP contribution is -2.10. The molecule has 1 aromatic carbocycles. The summed E-state index contributed by atoms with van der Waals surface area (Å²) in [5.74, 6) is 7.61. The van der Waals surface area contributed by atoms with Gasteiger partial charge in [0.25, 0.3) is 0 Å². The Bertz CT molecular complexity index is 415. The zero-order chi connectivity index (χ0) is 12.7. The van der Waals surface area contributed by atoms with Gasteiger partial charge >= 0.3 is 0 Å². The van der Waals surface area contributed by atoms with Crippen LogP contribution in [0.5, 0.6) is 5.75 Å². The largest absolute Gasteiger partial charge is 0.489 e. The highest BCUT2D eigenvalue weighted by Crippen LogP contribution is 2.21. The highest BCUT2D eigenvalue weighted by atomic mass is 35.5. The van der Waals surface area contributed by atoms with Crippen LogP contribution in [0.2, 0.25) is 0 Å². The van der Waals surface area contributed by atoms with Gasteiger partial charge in [-0.05, 0) is 38.0 Å². The molecule has 2 heteroatoms. The van der Waals surface area contributed by atoms with Gasteiger partial charge in [-0.1, -0.05) is 24.8 Å². The standard InChI is InChI=1S/C15H19ClO/c1-4-13(3)17-15-9-8-12(2)11-14(15)7-5-6-10-16/h8-9,11,13H,4,6,10H2,1-3H3. The predicted molar refractivity (Wildman–Crippen MR) is 73.8 cm³/mol. The third kappa shape index (κ3) is 4.71. The molecule has 0 bridgehead atoms. The van der Waals surface area contributed by atoms with Crippen molar-refractivity contribution in [1.82, 2.24) is 0 Å². The molecule has 0 aliphatic rings. The molecule has 0 saturated heterocycles. The predicted octanol–water partition coefficient (Wildman–Crippen LogP) is 4.15. The van der Waals surface area contributed by atoms with Crippen LogP contribution in [0.4, 0.5) is 0 Å². The van der Waals surface area contributed by atoms with Gasteiger partial charge in [0.2, 0.25) is 0 Å². The number of hydrogen-bond acceptors (Lipinski definition) is 1. The molecule has 0 spiro atoms. The van der Waals surface area contributed by atoms with Gasteiger partial charge in [-0.2, -0.15) is 0 Å². The van der Waals surface area contributed by atoms with E-state index in [0.717, 1.165) is 17.7 Å². The molecule has 0 N–H and O–H groups in total. The number of hydrogen-bond donors (Lipinski definition) is 0.